The molecular formula is C21H24N4O3S. The molecule has 1 aliphatic heterocycles. The van der Waals surface area contributed by atoms with E-state index in [9.17, 15) is 9.90 Å². The van der Waals surface area contributed by atoms with Gasteiger partial charge in [-0.3, -0.25) is 4.79 Å². The van der Waals surface area contributed by atoms with Gasteiger partial charge in [0.15, 0.2) is 5.16 Å². The number of ether oxygens (including phenoxy) is 1. The monoisotopic (exact) mass is 412 g/mol. The van der Waals surface area contributed by atoms with Gasteiger partial charge in [0.1, 0.15) is 11.5 Å². The summed E-state index contributed by atoms with van der Waals surface area (Å²) in [7, 11) is 0. The lowest BCUT2D eigenvalue weighted by molar-refractivity contribution is -0.128. The van der Waals surface area contributed by atoms with Crippen molar-refractivity contribution < 1.29 is 14.6 Å². The lowest BCUT2D eigenvalue weighted by atomic mass is 10.2. The fraction of sp³-hybridized carbons (Fsp3) is 0.333. The van der Waals surface area contributed by atoms with Crippen LogP contribution in [0.1, 0.15) is 6.92 Å². The van der Waals surface area contributed by atoms with E-state index in [1.54, 1.807) is 12.1 Å². The number of rotatable bonds is 6. The maximum Gasteiger partial charge on any atom is 0.233 e. The quantitative estimate of drug-likeness (QED) is 0.606. The number of aromatic nitrogens is 2. The molecule has 0 aliphatic carbocycles. The summed E-state index contributed by atoms with van der Waals surface area (Å²) < 4.78 is 5.52. The number of hydrogen-bond donors (Lipinski definition) is 2. The van der Waals surface area contributed by atoms with Crippen molar-refractivity contribution in [3.05, 3.63) is 42.5 Å². The molecule has 1 aromatic heterocycles. The number of phenolic OH excluding ortho intramolecular Hbond substituents is 1. The molecule has 7 nitrogen and oxygen atoms in total. The number of aromatic hydroxyl groups is 1. The number of nitrogens with zero attached hydrogens (tertiary/aromatic N) is 3. The predicted molar refractivity (Wildman–Crippen MR) is 115 cm³/mol. The van der Waals surface area contributed by atoms with Crippen molar-refractivity contribution in [3.8, 4) is 11.5 Å². The van der Waals surface area contributed by atoms with Crippen LogP contribution in [0.2, 0.25) is 0 Å². The molecular weight excluding hydrogens is 388 g/mol. The van der Waals surface area contributed by atoms with Gasteiger partial charge in [-0.25, -0.2) is 4.98 Å². The van der Waals surface area contributed by atoms with Crippen molar-refractivity contribution in [3.63, 3.8) is 0 Å². The number of hydrogen-bond acceptors (Lipinski definition) is 6. The van der Waals surface area contributed by atoms with Crippen LogP contribution in [0.5, 0.6) is 11.5 Å². The number of piperazine rings is 1. The van der Waals surface area contributed by atoms with E-state index in [4.69, 9.17) is 4.74 Å². The highest BCUT2D eigenvalue weighted by atomic mass is 32.2. The average Bonchev–Trinajstić information content (AvgIpc) is 3.15. The standard InChI is InChI=1S/C21H24N4O3S/c1-2-28-17-7-8-18-19(13-17)23-21(22-18)29-14-20(27)25-11-9-24(10-12-25)15-3-5-16(26)6-4-15/h3-8,13,26H,2,9-12,14H2,1H3,(H,22,23). The van der Waals surface area contributed by atoms with Gasteiger partial charge in [0, 0.05) is 37.9 Å². The summed E-state index contributed by atoms with van der Waals surface area (Å²) in [5.41, 5.74) is 2.84. The van der Waals surface area contributed by atoms with Crippen LogP contribution in [0, 0.1) is 0 Å². The minimum atomic E-state index is 0.121. The Labute approximate surface area is 173 Å². The molecule has 4 rings (SSSR count). The normalized spacial score (nSPS) is 14.4. The maximum absolute atomic E-state index is 12.6. The van der Waals surface area contributed by atoms with Crippen molar-refractivity contribution in [2.24, 2.45) is 0 Å². The number of benzene rings is 2. The second kappa shape index (κ2) is 8.65. The molecule has 0 unspecified atom stereocenters. The molecule has 2 heterocycles. The summed E-state index contributed by atoms with van der Waals surface area (Å²) in [4.78, 5) is 24.5. The highest BCUT2D eigenvalue weighted by Gasteiger charge is 2.21. The Morgan fingerprint density at radius 2 is 1.93 bits per heavy atom. The van der Waals surface area contributed by atoms with Crippen LogP contribution in [0.4, 0.5) is 5.69 Å². The van der Waals surface area contributed by atoms with Gasteiger partial charge in [-0.2, -0.15) is 0 Å². The van der Waals surface area contributed by atoms with Crippen LogP contribution in [-0.4, -0.2) is 64.4 Å². The SMILES string of the molecule is CCOc1ccc2nc(SCC(=O)N3CCN(c4ccc(O)cc4)CC3)[nH]c2c1. The number of carbonyl (C=O) groups is 1. The highest BCUT2D eigenvalue weighted by molar-refractivity contribution is 7.99. The summed E-state index contributed by atoms with van der Waals surface area (Å²) in [6.07, 6.45) is 0. The Kier molecular flexibility index (Phi) is 5.80. The van der Waals surface area contributed by atoms with Gasteiger partial charge in [0.05, 0.1) is 23.4 Å². The van der Waals surface area contributed by atoms with Gasteiger partial charge in [-0.1, -0.05) is 11.8 Å². The first-order valence-corrected chi connectivity index (χ1v) is 10.7. The van der Waals surface area contributed by atoms with Crippen LogP contribution >= 0.6 is 11.8 Å². The first kappa shape index (κ1) is 19.4. The molecule has 8 heteroatoms. The number of fused-ring (bicyclic) bond motifs is 1. The average molecular weight is 413 g/mol. The summed E-state index contributed by atoms with van der Waals surface area (Å²) in [5.74, 6) is 1.55. The predicted octanol–water partition coefficient (Wildman–Crippen LogP) is 3.11. The van der Waals surface area contributed by atoms with E-state index in [0.717, 1.165) is 40.7 Å². The summed E-state index contributed by atoms with van der Waals surface area (Å²) >= 11 is 1.43. The molecule has 29 heavy (non-hydrogen) atoms. The van der Waals surface area contributed by atoms with Crippen molar-refractivity contribution in [1.29, 1.82) is 0 Å². The number of amides is 1. The van der Waals surface area contributed by atoms with Crippen LogP contribution in [0.25, 0.3) is 11.0 Å². The van der Waals surface area contributed by atoms with Gasteiger partial charge < -0.3 is 24.6 Å². The zero-order valence-electron chi connectivity index (χ0n) is 16.3. The summed E-state index contributed by atoms with van der Waals surface area (Å²) in [6, 6.07) is 12.9. The molecule has 1 saturated heterocycles. The van der Waals surface area contributed by atoms with E-state index in [-0.39, 0.29) is 11.7 Å². The number of phenols is 1. The molecule has 3 aromatic rings. The molecule has 1 amide bonds. The third-order valence-corrected chi connectivity index (χ3v) is 5.78. The minimum absolute atomic E-state index is 0.121. The Hall–Kier alpha value is -2.87. The van der Waals surface area contributed by atoms with Crippen LogP contribution in [0.3, 0.4) is 0 Å². The zero-order chi connectivity index (χ0) is 20.2. The number of nitrogens with one attached hydrogen (secondary N) is 1. The Morgan fingerprint density at radius 1 is 1.17 bits per heavy atom. The molecule has 152 valence electrons. The van der Waals surface area contributed by atoms with Gasteiger partial charge in [0.2, 0.25) is 5.91 Å². The third kappa shape index (κ3) is 4.59. The van der Waals surface area contributed by atoms with Crippen LogP contribution in [0.15, 0.2) is 47.6 Å². The first-order valence-electron chi connectivity index (χ1n) is 9.69. The molecule has 0 spiro atoms. The van der Waals surface area contributed by atoms with E-state index < -0.39 is 0 Å². The number of anilines is 1. The fourth-order valence-electron chi connectivity index (χ4n) is 3.39. The Bertz CT molecular complexity index is 981. The summed E-state index contributed by atoms with van der Waals surface area (Å²) in [6.45, 7) is 5.53. The molecule has 0 radical (unpaired) electrons. The van der Waals surface area contributed by atoms with E-state index in [1.807, 2.05) is 42.2 Å². The second-order valence-corrected chi connectivity index (χ2v) is 7.79. The fourth-order valence-corrected chi connectivity index (χ4v) is 4.18. The third-order valence-electron chi connectivity index (χ3n) is 4.92. The molecule has 1 aliphatic rings. The second-order valence-electron chi connectivity index (χ2n) is 6.83. The number of aromatic amines is 1. The molecule has 2 aromatic carbocycles. The largest absolute Gasteiger partial charge is 0.508 e. The maximum atomic E-state index is 12.6. The van der Waals surface area contributed by atoms with Crippen molar-refractivity contribution in [2.45, 2.75) is 12.1 Å². The lowest BCUT2D eigenvalue weighted by Crippen LogP contribution is -2.49. The van der Waals surface area contributed by atoms with Crippen LogP contribution < -0.4 is 9.64 Å². The van der Waals surface area contributed by atoms with E-state index in [1.165, 1.54) is 11.8 Å². The smallest absolute Gasteiger partial charge is 0.233 e. The number of thioether (sulfide) groups is 1. The van der Waals surface area contributed by atoms with Crippen molar-refractivity contribution in [2.75, 3.05) is 43.4 Å². The van der Waals surface area contributed by atoms with Crippen molar-refractivity contribution in [1.82, 2.24) is 14.9 Å². The van der Waals surface area contributed by atoms with Gasteiger partial charge in [-0.05, 0) is 43.3 Å². The van der Waals surface area contributed by atoms with Crippen molar-refractivity contribution >= 4 is 34.4 Å². The zero-order valence-corrected chi connectivity index (χ0v) is 17.1. The first-order chi connectivity index (χ1) is 14.1. The number of H-pyrrole nitrogens is 1. The van der Waals surface area contributed by atoms with Gasteiger partial charge in [0.25, 0.3) is 0 Å². The summed E-state index contributed by atoms with van der Waals surface area (Å²) in [5, 5.41) is 10.2. The molecule has 0 bridgehead atoms. The number of imidazole rings is 1. The van der Waals surface area contributed by atoms with E-state index >= 15 is 0 Å². The number of carbonyl (C=O) groups excluding carboxylic acids is 1. The Morgan fingerprint density at radius 3 is 2.66 bits per heavy atom. The molecule has 0 saturated carbocycles. The topological polar surface area (TPSA) is 81.7 Å². The Balaban J connectivity index is 1.30. The molecule has 2 N–H and O–H groups in total. The van der Waals surface area contributed by atoms with Crippen LogP contribution in [-0.2, 0) is 4.79 Å². The van der Waals surface area contributed by atoms with E-state index in [2.05, 4.69) is 14.9 Å². The van der Waals surface area contributed by atoms with E-state index in [0.29, 0.717) is 25.4 Å². The molecule has 0 atom stereocenters. The minimum Gasteiger partial charge on any atom is -0.508 e. The van der Waals surface area contributed by atoms with Gasteiger partial charge >= 0.3 is 0 Å². The highest BCUT2D eigenvalue weighted by Crippen LogP contribution is 2.24. The molecule has 1 fully saturated rings. The lowest BCUT2D eigenvalue weighted by Gasteiger charge is -2.36. The van der Waals surface area contributed by atoms with Gasteiger partial charge in [-0.15, -0.1) is 0 Å².